The van der Waals surface area contributed by atoms with Gasteiger partial charge in [0.05, 0.1) is 7.11 Å². The van der Waals surface area contributed by atoms with Crippen molar-refractivity contribution in [1.29, 1.82) is 0 Å². The Hall–Kier alpha value is -1.81. The molecular formula is C14H16ClN3O. The van der Waals surface area contributed by atoms with Crippen LogP contribution in [-0.4, -0.2) is 17.1 Å². The highest BCUT2D eigenvalue weighted by Gasteiger charge is 2.07. The maximum atomic E-state index is 5.84. The molecular weight excluding hydrogens is 262 g/mol. The molecule has 0 saturated heterocycles. The largest absolute Gasteiger partial charge is 0.497 e. The first kappa shape index (κ1) is 13.6. The predicted octanol–water partition coefficient (Wildman–Crippen LogP) is 3.62. The summed E-state index contributed by atoms with van der Waals surface area (Å²) >= 11 is 5.84. The number of nitrogens with zero attached hydrogens (tertiary/aromatic N) is 2. The average molecular weight is 278 g/mol. The molecule has 1 heterocycles. The van der Waals surface area contributed by atoms with E-state index in [0.717, 1.165) is 22.8 Å². The van der Waals surface area contributed by atoms with E-state index in [1.54, 1.807) is 7.11 Å². The molecule has 0 bridgehead atoms. The van der Waals surface area contributed by atoms with E-state index in [9.17, 15) is 0 Å². The molecule has 5 heteroatoms. The Morgan fingerprint density at radius 1 is 1.21 bits per heavy atom. The number of benzene rings is 1. The first-order valence-electron chi connectivity index (χ1n) is 6.00. The maximum absolute atomic E-state index is 5.84. The first-order chi connectivity index (χ1) is 9.08. The SMILES string of the molecule is COc1ccc(C(C)Nc2cc(C)nc(Cl)n2)cc1. The van der Waals surface area contributed by atoms with Gasteiger partial charge < -0.3 is 10.1 Å². The van der Waals surface area contributed by atoms with Gasteiger partial charge >= 0.3 is 0 Å². The standard InChI is InChI=1S/C14H16ClN3O/c1-9-8-13(18-14(15)16-9)17-10(2)11-4-6-12(19-3)7-5-11/h4-8,10H,1-3H3,(H,16,17,18). The first-order valence-corrected chi connectivity index (χ1v) is 6.38. The van der Waals surface area contributed by atoms with Gasteiger partial charge in [-0.25, -0.2) is 9.97 Å². The van der Waals surface area contributed by atoms with Gasteiger partial charge in [0.1, 0.15) is 11.6 Å². The van der Waals surface area contributed by atoms with Crippen molar-refractivity contribution >= 4 is 17.4 Å². The van der Waals surface area contributed by atoms with Gasteiger partial charge in [-0.15, -0.1) is 0 Å². The van der Waals surface area contributed by atoms with Crippen molar-refractivity contribution in [2.45, 2.75) is 19.9 Å². The summed E-state index contributed by atoms with van der Waals surface area (Å²) in [4.78, 5) is 8.19. The number of aromatic nitrogens is 2. The molecule has 1 aromatic carbocycles. The van der Waals surface area contributed by atoms with Gasteiger partial charge in [0.15, 0.2) is 0 Å². The third kappa shape index (κ3) is 3.58. The van der Waals surface area contributed by atoms with Crippen molar-refractivity contribution in [1.82, 2.24) is 9.97 Å². The van der Waals surface area contributed by atoms with Gasteiger partial charge in [-0.3, -0.25) is 0 Å². The Bertz CT molecular complexity index is 537. The molecule has 0 saturated carbocycles. The lowest BCUT2D eigenvalue weighted by Crippen LogP contribution is -2.08. The highest BCUT2D eigenvalue weighted by Crippen LogP contribution is 2.21. The summed E-state index contributed by atoms with van der Waals surface area (Å²) < 4.78 is 5.14. The summed E-state index contributed by atoms with van der Waals surface area (Å²) in [5.74, 6) is 1.57. The number of hydrogen-bond donors (Lipinski definition) is 1. The van der Waals surface area contributed by atoms with Crippen LogP contribution in [-0.2, 0) is 0 Å². The van der Waals surface area contributed by atoms with Crippen LogP contribution in [0.1, 0.15) is 24.2 Å². The molecule has 0 spiro atoms. The quantitative estimate of drug-likeness (QED) is 0.867. The normalized spacial score (nSPS) is 12.0. The van der Waals surface area contributed by atoms with Crippen LogP contribution in [0, 0.1) is 6.92 Å². The van der Waals surface area contributed by atoms with Crippen molar-refractivity contribution < 1.29 is 4.74 Å². The Morgan fingerprint density at radius 2 is 1.89 bits per heavy atom. The summed E-state index contributed by atoms with van der Waals surface area (Å²) in [5.41, 5.74) is 1.98. The highest BCUT2D eigenvalue weighted by atomic mass is 35.5. The molecule has 4 nitrogen and oxygen atoms in total. The third-order valence-electron chi connectivity index (χ3n) is 2.81. The number of methoxy groups -OCH3 is 1. The predicted molar refractivity (Wildman–Crippen MR) is 76.8 cm³/mol. The number of ether oxygens (including phenoxy) is 1. The number of halogens is 1. The van der Waals surface area contributed by atoms with Crippen LogP contribution < -0.4 is 10.1 Å². The van der Waals surface area contributed by atoms with Gasteiger partial charge in [0.25, 0.3) is 0 Å². The van der Waals surface area contributed by atoms with Gasteiger partial charge in [-0.2, -0.15) is 0 Å². The van der Waals surface area contributed by atoms with Gasteiger partial charge in [0, 0.05) is 17.8 Å². The molecule has 1 N–H and O–H groups in total. The topological polar surface area (TPSA) is 47.0 Å². The molecule has 0 amide bonds. The minimum absolute atomic E-state index is 0.122. The van der Waals surface area contributed by atoms with Crippen molar-refractivity contribution in [3.8, 4) is 5.75 Å². The number of aryl methyl sites for hydroxylation is 1. The molecule has 0 radical (unpaired) electrons. The van der Waals surface area contributed by atoms with Crippen molar-refractivity contribution in [2.75, 3.05) is 12.4 Å². The Morgan fingerprint density at radius 3 is 2.47 bits per heavy atom. The lowest BCUT2D eigenvalue weighted by molar-refractivity contribution is 0.414. The zero-order valence-electron chi connectivity index (χ0n) is 11.1. The molecule has 1 unspecified atom stereocenters. The second-order valence-electron chi connectivity index (χ2n) is 4.30. The van der Waals surface area contributed by atoms with E-state index < -0.39 is 0 Å². The molecule has 19 heavy (non-hydrogen) atoms. The average Bonchev–Trinajstić information content (AvgIpc) is 2.37. The summed E-state index contributed by atoms with van der Waals surface area (Å²) in [6.45, 7) is 3.95. The number of hydrogen-bond acceptors (Lipinski definition) is 4. The number of nitrogens with one attached hydrogen (secondary N) is 1. The van der Waals surface area contributed by atoms with E-state index >= 15 is 0 Å². The van der Waals surface area contributed by atoms with Crippen molar-refractivity contribution in [2.24, 2.45) is 0 Å². The molecule has 2 aromatic rings. The van der Waals surface area contributed by atoms with Crippen LogP contribution in [0.5, 0.6) is 5.75 Å². The van der Waals surface area contributed by atoms with E-state index in [-0.39, 0.29) is 11.3 Å². The van der Waals surface area contributed by atoms with Crippen LogP contribution in [0.3, 0.4) is 0 Å². The molecule has 0 aliphatic rings. The monoisotopic (exact) mass is 277 g/mol. The number of rotatable bonds is 4. The molecule has 1 atom stereocenters. The smallest absolute Gasteiger partial charge is 0.224 e. The van der Waals surface area contributed by atoms with Crippen LogP contribution in [0.2, 0.25) is 5.28 Å². The van der Waals surface area contributed by atoms with E-state index in [0.29, 0.717) is 0 Å². The Balaban J connectivity index is 2.13. The van der Waals surface area contributed by atoms with E-state index in [1.807, 2.05) is 37.3 Å². The summed E-state index contributed by atoms with van der Waals surface area (Å²) in [6, 6.07) is 9.90. The maximum Gasteiger partial charge on any atom is 0.224 e. The second kappa shape index (κ2) is 5.89. The molecule has 1 aromatic heterocycles. The molecule has 0 aliphatic heterocycles. The highest BCUT2D eigenvalue weighted by molar-refractivity contribution is 6.28. The van der Waals surface area contributed by atoms with Crippen LogP contribution in [0.4, 0.5) is 5.82 Å². The van der Waals surface area contributed by atoms with Crippen LogP contribution in [0.25, 0.3) is 0 Å². The molecule has 0 aliphatic carbocycles. The zero-order valence-corrected chi connectivity index (χ0v) is 11.9. The van der Waals surface area contributed by atoms with E-state index in [2.05, 4.69) is 22.2 Å². The second-order valence-corrected chi connectivity index (χ2v) is 4.64. The van der Waals surface area contributed by atoms with Crippen molar-refractivity contribution in [3.05, 3.63) is 46.9 Å². The molecule has 0 fully saturated rings. The lowest BCUT2D eigenvalue weighted by Gasteiger charge is -2.15. The third-order valence-corrected chi connectivity index (χ3v) is 2.98. The summed E-state index contributed by atoms with van der Waals surface area (Å²) in [7, 11) is 1.66. The number of anilines is 1. The van der Waals surface area contributed by atoms with Gasteiger partial charge in [-0.05, 0) is 43.1 Å². The van der Waals surface area contributed by atoms with Crippen LogP contribution in [0.15, 0.2) is 30.3 Å². The summed E-state index contributed by atoms with van der Waals surface area (Å²) in [5, 5.41) is 3.56. The fourth-order valence-electron chi connectivity index (χ4n) is 1.80. The Labute approximate surface area is 117 Å². The fraction of sp³-hybridized carbons (Fsp3) is 0.286. The fourth-order valence-corrected chi connectivity index (χ4v) is 2.03. The summed E-state index contributed by atoms with van der Waals surface area (Å²) in [6.07, 6.45) is 0. The van der Waals surface area contributed by atoms with E-state index in [4.69, 9.17) is 16.3 Å². The molecule has 100 valence electrons. The zero-order chi connectivity index (χ0) is 13.8. The molecule has 2 rings (SSSR count). The van der Waals surface area contributed by atoms with E-state index in [1.165, 1.54) is 0 Å². The van der Waals surface area contributed by atoms with Crippen LogP contribution >= 0.6 is 11.6 Å². The minimum Gasteiger partial charge on any atom is -0.497 e. The Kier molecular flexibility index (Phi) is 4.22. The van der Waals surface area contributed by atoms with Gasteiger partial charge in [-0.1, -0.05) is 12.1 Å². The van der Waals surface area contributed by atoms with Gasteiger partial charge in [0.2, 0.25) is 5.28 Å². The minimum atomic E-state index is 0.122. The lowest BCUT2D eigenvalue weighted by atomic mass is 10.1. The van der Waals surface area contributed by atoms with Crippen molar-refractivity contribution in [3.63, 3.8) is 0 Å².